The minimum atomic E-state index is -0.186. The van der Waals surface area contributed by atoms with E-state index in [0.717, 1.165) is 13.1 Å². The monoisotopic (exact) mass is 196 g/mol. The van der Waals surface area contributed by atoms with Crippen LogP contribution in [0.2, 0.25) is 0 Å². The third-order valence-electron chi connectivity index (χ3n) is 4.23. The van der Waals surface area contributed by atoms with Crippen LogP contribution in [0.25, 0.3) is 0 Å². The lowest BCUT2D eigenvalue weighted by Gasteiger charge is -2.48. The Morgan fingerprint density at radius 3 is 2.21 bits per heavy atom. The maximum absolute atomic E-state index is 11.0. The smallest absolute Gasteiger partial charge is 0.234 e. The number of primary amides is 1. The molecule has 1 aliphatic heterocycles. The summed E-state index contributed by atoms with van der Waals surface area (Å²) >= 11 is 0. The Hall–Kier alpha value is -0.570. The molecule has 2 fully saturated rings. The molecule has 1 atom stereocenters. The lowest BCUT2D eigenvalue weighted by Crippen LogP contribution is -2.50. The fourth-order valence-corrected chi connectivity index (χ4v) is 2.74. The zero-order valence-electron chi connectivity index (χ0n) is 8.96. The van der Waals surface area contributed by atoms with E-state index < -0.39 is 0 Å². The van der Waals surface area contributed by atoms with Gasteiger partial charge in [-0.3, -0.25) is 9.69 Å². The summed E-state index contributed by atoms with van der Waals surface area (Å²) < 4.78 is 0. The van der Waals surface area contributed by atoms with Gasteiger partial charge in [-0.25, -0.2) is 0 Å². The molecule has 2 aliphatic rings. The molecule has 0 bridgehead atoms. The Kier molecular flexibility index (Phi) is 2.52. The molecule has 1 spiro atoms. The standard InChI is InChI=1S/C11H20N2O/c1-9(10(12)14)13-7-5-11(6-8-13)3-2-4-11/h9H,2-8H2,1H3,(H2,12,14). The Bertz CT molecular complexity index is 225. The van der Waals surface area contributed by atoms with E-state index in [9.17, 15) is 4.79 Å². The third kappa shape index (κ3) is 1.65. The molecule has 1 saturated carbocycles. The van der Waals surface area contributed by atoms with Crippen LogP contribution in [0, 0.1) is 5.41 Å². The van der Waals surface area contributed by atoms with Crippen molar-refractivity contribution in [2.75, 3.05) is 13.1 Å². The van der Waals surface area contributed by atoms with Gasteiger partial charge in [0.1, 0.15) is 0 Å². The molecule has 0 aromatic heterocycles. The number of hydrogen-bond donors (Lipinski definition) is 1. The summed E-state index contributed by atoms with van der Waals surface area (Å²) in [7, 11) is 0. The zero-order valence-corrected chi connectivity index (χ0v) is 8.96. The predicted octanol–water partition coefficient (Wildman–Crippen LogP) is 1.13. The molecule has 0 aromatic rings. The summed E-state index contributed by atoms with van der Waals surface area (Å²) in [4.78, 5) is 13.3. The Labute approximate surface area is 85.6 Å². The second-order valence-electron chi connectivity index (χ2n) is 4.97. The van der Waals surface area contributed by atoms with Crippen molar-refractivity contribution in [3.63, 3.8) is 0 Å². The van der Waals surface area contributed by atoms with Crippen LogP contribution in [0.1, 0.15) is 39.0 Å². The number of rotatable bonds is 2. The Morgan fingerprint density at radius 2 is 1.86 bits per heavy atom. The van der Waals surface area contributed by atoms with Crippen LogP contribution in [0.4, 0.5) is 0 Å². The number of piperidine rings is 1. The molecular formula is C11H20N2O. The second-order valence-corrected chi connectivity index (χ2v) is 4.97. The number of amides is 1. The summed E-state index contributed by atoms with van der Waals surface area (Å²) in [5, 5.41) is 0. The normalized spacial score (nSPS) is 28.4. The topological polar surface area (TPSA) is 46.3 Å². The lowest BCUT2D eigenvalue weighted by atomic mass is 9.63. The first kappa shape index (κ1) is 9.97. The van der Waals surface area contributed by atoms with Crippen LogP contribution in [-0.4, -0.2) is 29.9 Å². The summed E-state index contributed by atoms with van der Waals surface area (Å²) in [6.07, 6.45) is 6.76. The predicted molar refractivity (Wildman–Crippen MR) is 55.7 cm³/mol. The maximum Gasteiger partial charge on any atom is 0.234 e. The van der Waals surface area contributed by atoms with Gasteiger partial charge >= 0.3 is 0 Å². The van der Waals surface area contributed by atoms with E-state index in [0.29, 0.717) is 5.41 Å². The van der Waals surface area contributed by atoms with E-state index >= 15 is 0 Å². The molecule has 1 aliphatic carbocycles. The van der Waals surface area contributed by atoms with Crippen molar-refractivity contribution in [3.05, 3.63) is 0 Å². The summed E-state index contributed by atoms with van der Waals surface area (Å²) in [6, 6.07) is -0.0765. The van der Waals surface area contributed by atoms with Gasteiger partial charge in [0.15, 0.2) is 0 Å². The van der Waals surface area contributed by atoms with Crippen LogP contribution in [0.15, 0.2) is 0 Å². The van der Waals surface area contributed by atoms with Crippen molar-refractivity contribution in [2.45, 2.75) is 45.1 Å². The molecule has 0 aromatic carbocycles. The Morgan fingerprint density at radius 1 is 1.29 bits per heavy atom. The number of carbonyl (C=O) groups is 1. The van der Waals surface area contributed by atoms with Gasteiger partial charge in [0, 0.05) is 0 Å². The average Bonchev–Trinajstić information content (AvgIpc) is 2.14. The van der Waals surface area contributed by atoms with Crippen LogP contribution in [-0.2, 0) is 4.79 Å². The van der Waals surface area contributed by atoms with Gasteiger partial charge in [-0.05, 0) is 51.1 Å². The number of carbonyl (C=O) groups excluding carboxylic acids is 1. The van der Waals surface area contributed by atoms with E-state index in [1.54, 1.807) is 0 Å². The molecule has 1 heterocycles. The van der Waals surface area contributed by atoms with Gasteiger partial charge < -0.3 is 5.73 Å². The van der Waals surface area contributed by atoms with E-state index in [4.69, 9.17) is 5.73 Å². The highest BCUT2D eigenvalue weighted by Gasteiger charge is 2.40. The molecule has 2 N–H and O–H groups in total. The summed E-state index contributed by atoms with van der Waals surface area (Å²) in [5.74, 6) is -0.186. The first-order valence-corrected chi connectivity index (χ1v) is 5.66. The van der Waals surface area contributed by atoms with E-state index in [1.807, 2.05) is 6.92 Å². The summed E-state index contributed by atoms with van der Waals surface area (Å²) in [6.45, 7) is 4.04. The quantitative estimate of drug-likeness (QED) is 0.719. The molecular weight excluding hydrogens is 176 g/mol. The first-order valence-electron chi connectivity index (χ1n) is 5.66. The van der Waals surface area contributed by atoms with Crippen molar-refractivity contribution in [1.29, 1.82) is 0 Å². The highest BCUT2D eigenvalue weighted by atomic mass is 16.1. The summed E-state index contributed by atoms with van der Waals surface area (Å²) in [5.41, 5.74) is 5.96. The van der Waals surface area contributed by atoms with Crippen LogP contribution < -0.4 is 5.73 Å². The van der Waals surface area contributed by atoms with Crippen LogP contribution in [0.5, 0.6) is 0 Å². The number of likely N-dealkylation sites (tertiary alicyclic amines) is 1. The minimum absolute atomic E-state index is 0.0765. The van der Waals surface area contributed by atoms with Gasteiger partial charge in [-0.15, -0.1) is 0 Å². The molecule has 3 heteroatoms. The van der Waals surface area contributed by atoms with E-state index in [-0.39, 0.29) is 11.9 Å². The van der Waals surface area contributed by atoms with E-state index in [2.05, 4.69) is 4.90 Å². The van der Waals surface area contributed by atoms with Crippen molar-refractivity contribution in [1.82, 2.24) is 4.90 Å². The zero-order chi connectivity index (χ0) is 10.2. The first-order chi connectivity index (χ1) is 6.63. The van der Waals surface area contributed by atoms with Crippen molar-refractivity contribution in [3.8, 4) is 0 Å². The van der Waals surface area contributed by atoms with Crippen molar-refractivity contribution < 1.29 is 4.79 Å². The van der Waals surface area contributed by atoms with E-state index in [1.165, 1.54) is 32.1 Å². The molecule has 0 radical (unpaired) electrons. The lowest BCUT2D eigenvalue weighted by molar-refractivity contribution is -0.124. The third-order valence-corrected chi connectivity index (χ3v) is 4.23. The fourth-order valence-electron chi connectivity index (χ4n) is 2.74. The molecule has 14 heavy (non-hydrogen) atoms. The van der Waals surface area contributed by atoms with Gasteiger partial charge in [0.25, 0.3) is 0 Å². The van der Waals surface area contributed by atoms with Gasteiger partial charge in [-0.1, -0.05) is 6.42 Å². The average molecular weight is 196 g/mol. The van der Waals surface area contributed by atoms with Crippen LogP contribution >= 0.6 is 0 Å². The Balaban J connectivity index is 1.86. The van der Waals surface area contributed by atoms with Crippen LogP contribution in [0.3, 0.4) is 0 Å². The van der Waals surface area contributed by atoms with Crippen molar-refractivity contribution in [2.24, 2.45) is 11.1 Å². The molecule has 1 saturated heterocycles. The SMILES string of the molecule is CC(C(N)=O)N1CCC2(CCC2)CC1. The number of nitrogens with zero attached hydrogens (tertiary/aromatic N) is 1. The van der Waals surface area contributed by atoms with Gasteiger partial charge in [-0.2, -0.15) is 0 Å². The largest absolute Gasteiger partial charge is 0.368 e. The maximum atomic E-state index is 11.0. The van der Waals surface area contributed by atoms with Gasteiger partial charge in [0.2, 0.25) is 5.91 Å². The second kappa shape index (κ2) is 3.54. The minimum Gasteiger partial charge on any atom is -0.368 e. The fraction of sp³-hybridized carbons (Fsp3) is 0.909. The highest BCUT2D eigenvalue weighted by Crippen LogP contribution is 2.48. The van der Waals surface area contributed by atoms with Crippen molar-refractivity contribution >= 4 is 5.91 Å². The molecule has 1 amide bonds. The van der Waals surface area contributed by atoms with Gasteiger partial charge in [0.05, 0.1) is 6.04 Å². The number of nitrogens with two attached hydrogens (primary N) is 1. The molecule has 2 rings (SSSR count). The number of hydrogen-bond acceptors (Lipinski definition) is 2. The molecule has 3 nitrogen and oxygen atoms in total. The highest BCUT2D eigenvalue weighted by molar-refractivity contribution is 5.79. The molecule has 1 unspecified atom stereocenters. The molecule has 80 valence electrons.